The van der Waals surface area contributed by atoms with Crippen LogP contribution in [-0.2, 0) is 26.0 Å². The molecule has 0 radical (unpaired) electrons. The van der Waals surface area contributed by atoms with Crippen LogP contribution >= 0.6 is 0 Å². The van der Waals surface area contributed by atoms with Gasteiger partial charge in [0, 0.05) is 18.0 Å². The van der Waals surface area contributed by atoms with Gasteiger partial charge in [-0.05, 0) is 49.4 Å². The molecule has 2 atom stereocenters. The van der Waals surface area contributed by atoms with Crippen LogP contribution in [0.4, 0.5) is 5.69 Å². The molecule has 1 aliphatic heterocycles. The Morgan fingerprint density at radius 2 is 1.62 bits per heavy atom. The summed E-state index contributed by atoms with van der Waals surface area (Å²) >= 11 is 0. The number of para-hydroxylation sites is 2. The molecule has 0 amide bonds. The lowest BCUT2D eigenvalue weighted by Crippen LogP contribution is -2.48. The summed E-state index contributed by atoms with van der Waals surface area (Å²) in [4.78, 5) is 22.3. The van der Waals surface area contributed by atoms with E-state index in [4.69, 9.17) is 4.74 Å². The molecule has 0 saturated carbocycles. The maximum Gasteiger partial charge on any atom is 0.340 e. The van der Waals surface area contributed by atoms with Crippen molar-refractivity contribution >= 4 is 32.6 Å². The average molecular weight is 586 g/mol. The van der Waals surface area contributed by atoms with Crippen molar-refractivity contribution in [3.63, 3.8) is 0 Å². The van der Waals surface area contributed by atoms with Gasteiger partial charge in [0.25, 0.3) is 5.16 Å². The van der Waals surface area contributed by atoms with Crippen molar-refractivity contribution in [3.05, 3.63) is 108 Å². The Balaban J connectivity index is 1.56. The molecule has 42 heavy (non-hydrogen) atoms. The number of anilines is 1. The standard InChI is InChI=1S/C33H35N3O5S/c1-3-20-33(21-19-24-13-7-5-8-14-24)22-29(37)30(31(38)41-33)28(4-2)36(26-16-9-6-10-17-26)42(39,40)32-34-23-25-15-11-12-18-27(25)35-32/h5-18,23,28,37H,3-4,19-22H2,1-2H3. The third-order valence-corrected chi connectivity index (χ3v) is 9.36. The second-order valence-electron chi connectivity index (χ2n) is 10.6. The van der Waals surface area contributed by atoms with Gasteiger partial charge in [-0.25, -0.2) is 14.8 Å². The Labute approximate surface area is 246 Å². The minimum absolute atomic E-state index is 0.0582. The van der Waals surface area contributed by atoms with Crippen molar-refractivity contribution in [2.75, 3.05) is 4.31 Å². The van der Waals surface area contributed by atoms with Gasteiger partial charge in [-0.15, -0.1) is 0 Å². The van der Waals surface area contributed by atoms with E-state index >= 15 is 0 Å². The van der Waals surface area contributed by atoms with Gasteiger partial charge in [0.15, 0.2) is 0 Å². The summed E-state index contributed by atoms with van der Waals surface area (Å²) in [6.45, 7) is 3.78. The maximum absolute atomic E-state index is 14.3. The van der Waals surface area contributed by atoms with Crippen molar-refractivity contribution in [1.82, 2.24) is 9.97 Å². The molecule has 0 saturated heterocycles. The molecule has 4 aromatic rings. The van der Waals surface area contributed by atoms with Gasteiger partial charge in [0.2, 0.25) is 0 Å². The van der Waals surface area contributed by atoms with Gasteiger partial charge < -0.3 is 9.84 Å². The Hall–Kier alpha value is -4.24. The van der Waals surface area contributed by atoms with Crippen LogP contribution in [0, 0.1) is 0 Å². The highest BCUT2D eigenvalue weighted by atomic mass is 32.2. The molecule has 0 spiro atoms. The lowest BCUT2D eigenvalue weighted by molar-refractivity contribution is -0.161. The van der Waals surface area contributed by atoms with Gasteiger partial charge in [0.05, 0.1) is 22.8 Å². The molecule has 5 rings (SSSR count). The number of hydrogen-bond acceptors (Lipinski definition) is 7. The van der Waals surface area contributed by atoms with Crippen LogP contribution in [0.15, 0.2) is 108 Å². The number of hydrogen-bond donors (Lipinski definition) is 1. The summed E-state index contributed by atoms with van der Waals surface area (Å²) < 4.78 is 35.8. The molecule has 0 fully saturated rings. The number of rotatable bonds is 11. The normalized spacial score (nSPS) is 18.1. The highest BCUT2D eigenvalue weighted by molar-refractivity contribution is 7.92. The maximum atomic E-state index is 14.3. The number of nitrogens with zero attached hydrogens (tertiary/aromatic N) is 3. The molecule has 0 aliphatic carbocycles. The first kappa shape index (κ1) is 29.3. The first-order chi connectivity index (χ1) is 20.3. The van der Waals surface area contributed by atoms with Crippen molar-refractivity contribution in [2.24, 2.45) is 0 Å². The molecule has 1 aromatic heterocycles. The molecule has 0 bridgehead atoms. The van der Waals surface area contributed by atoms with E-state index in [1.165, 1.54) is 6.20 Å². The van der Waals surface area contributed by atoms with Crippen LogP contribution in [0.1, 0.15) is 51.5 Å². The number of esters is 1. The zero-order valence-electron chi connectivity index (χ0n) is 23.8. The summed E-state index contributed by atoms with van der Waals surface area (Å²) in [6.07, 6.45) is 4.32. The number of aryl methyl sites for hydroxylation is 1. The SMILES string of the molecule is CCCC1(CCc2ccccc2)CC(O)=C(C(CC)N(c2ccccc2)S(=O)(=O)c2ncc3ccccc3n2)C(=O)O1. The van der Waals surface area contributed by atoms with E-state index in [1.54, 1.807) is 55.5 Å². The molecule has 1 aliphatic rings. The molecule has 1 N–H and O–H groups in total. The number of benzene rings is 3. The number of carbonyl (C=O) groups is 1. The Morgan fingerprint density at radius 1 is 0.952 bits per heavy atom. The van der Waals surface area contributed by atoms with Crippen LogP contribution in [0.5, 0.6) is 0 Å². The van der Waals surface area contributed by atoms with Gasteiger partial charge in [0.1, 0.15) is 11.4 Å². The number of carbonyl (C=O) groups excluding carboxylic acids is 1. The third kappa shape index (κ3) is 5.87. The average Bonchev–Trinajstić information content (AvgIpc) is 3.00. The second-order valence-corrected chi connectivity index (χ2v) is 12.3. The first-order valence-electron chi connectivity index (χ1n) is 14.3. The van der Waals surface area contributed by atoms with Crippen molar-refractivity contribution in [2.45, 2.75) is 69.2 Å². The first-order valence-corrected chi connectivity index (χ1v) is 15.7. The van der Waals surface area contributed by atoms with E-state index in [0.717, 1.165) is 16.3 Å². The Bertz CT molecular complexity index is 1690. The van der Waals surface area contributed by atoms with Crippen LogP contribution in [-0.4, -0.2) is 41.1 Å². The number of aromatic nitrogens is 2. The lowest BCUT2D eigenvalue weighted by atomic mass is 9.82. The molecule has 218 valence electrons. The molecule has 9 heteroatoms. The molecular formula is C33H35N3O5S. The summed E-state index contributed by atoms with van der Waals surface area (Å²) in [5, 5.41) is 11.8. The van der Waals surface area contributed by atoms with Crippen molar-refractivity contribution in [1.29, 1.82) is 0 Å². The summed E-state index contributed by atoms with van der Waals surface area (Å²) in [6, 6.07) is 24.5. The number of sulfonamides is 1. The van der Waals surface area contributed by atoms with E-state index < -0.39 is 32.8 Å². The van der Waals surface area contributed by atoms with E-state index in [-0.39, 0.29) is 24.2 Å². The monoisotopic (exact) mass is 585 g/mol. The Kier molecular flexibility index (Phi) is 8.59. The predicted molar refractivity (Wildman–Crippen MR) is 162 cm³/mol. The number of aliphatic hydroxyl groups excluding tert-OH is 1. The fourth-order valence-corrected chi connectivity index (χ4v) is 7.29. The highest BCUT2D eigenvalue weighted by Crippen LogP contribution is 2.40. The number of fused-ring (bicyclic) bond motifs is 1. The largest absolute Gasteiger partial charge is 0.512 e. The van der Waals surface area contributed by atoms with E-state index in [2.05, 4.69) is 9.97 Å². The van der Waals surface area contributed by atoms with Gasteiger partial charge >= 0.3 is 16.0 Å². The minimum atomic E-state index is -4.38. The molecular weight excluding hydrogens is 550 g/mol. The molecule has 3 aromatic carbocycles. The zero-order chi connectivity index (χ0) is 29.7. The highest BCUT2D eigenvalue weighted by Gasteiger charge is 2.46. The second kappa shape index (κ2) is 12.3. The fraction of sp³-hybridized carbons (Fsp3) is 0.303. The number of ether oxygens (including phenoxy) is 1. The van der Waals surface area contributed by atoms with Crippen LogP contribution < -0.4 is 4.31 Å². The van der Waals surface area contributed by atoms with Crippen LogP contribution in [0.25, 0.3) is 10.9 Å². The zero-order valence-corrected chi connectivity index (χ0v) is 24.6. The van der Waals surface area contributed by atoms with E-state index in [0.29, 0.717) is 35.9 Å². The molecule has 2 heterocycles. The van der Waals surface area contributed by atoms with Gasteiger partial charge in [-0.3, -0.25) is 4.31 Å². The quantitative estimate of drug-likeness (QED) is 0.157. The summed E-state index contributed by atoms with van der Waals surface area (Å²) in [7, 11) is -4.38. The number of aliphatic hydroxyl groups is 1. The summed E-state index contributed by atoms with van der Waals surface area (Å²) in [5.74, 6) is -0.849. The van der Waals surface area contributed by atoms with Crippen molar-refractivity contribution < 1.29 is 23.1 Å². The van der Waals surface area contributed by atoms with E-state index in [9.17, 15) is 18.3 Å². The third-order valence-electron chi connectivity index (χ3n) is 7.72. The van der Waals surface area contributed by atoms with E-state index in [1.807, 2.05) is 43.3 Å². The van der Waals surface area contributed by atoms with Gasteiger partial charge in [-0.1, -0.05) is 87.0 Å². The smallest absolute Gasteiger partial charge is 0.340 e. The minimum Gasteiger partial charge on any atom is -0.512 e. The van der Waals surface area contributed by atoms with Crippen LogP contribution in [0.3, 0.4) is 0 Å². The fourth-order valence-electron chi connectivity index (χ4n) is 5.73. The predicted octanol–water partition coefficient (Wildman–Crippen LogP) is 6.53. The van der Waals surface area contributed by atoms with Crippen molar-refractivity contribution in [3.8, 4) is 0 Å². The number of cyclic esters (lactones) is 1. The lowest BCUT2D eigenvalue weighted by Gasteiger charge is -2.40. The summed E-state index contributed by atoms with van der Waals surface area (Å²) in [5.41, 5.74) is 0.974. The molecule has 8 nitrogen and oxygen atoms in total. The van der Waals surface area contributed by atoms with Gasteiger partial charge in [-0.2, -0.15) is 8.42 Å². The topological polar surface area (TPSA) is 110 Å². The van der Waals surface area contributed by atoms with Crippen LogP contribution in [0.2, 0.25) is 0 Å². The Morgan fingerprint density at radius 3 is 2.29 bits per heavy atom. The molecule has 2 unspecified atom stereocenters.